The molecule has 1 N–H and O–H groups in total. The molecule has 22 heavy (non-hydrogen) atoms. The molecule has 0 saturated heterocycles. The van der Waals surface area contributed by atoms with Crippen molar-refractivity contribution in [3.63, 3.8) is 0 Å². The van der Waals surface area contributed by atoms with Gasteiger partial charge in [0.1, 0.15) is 5.75 Å². The van der Waals surface area contributed by atoms with Crippen LogP contribution >= 0.6 is 11.8 Å². The van der Waals surface area contributed by atoms with Gasteiger partial charge in [0, 0.05) is 23.6 Å². The van der Waals surface area contributed by atoms with Crippen molar-refractivity contribution < 1.29 is 9.53 Å². The highest BCUT2D eigenvalue weighted by Crippen LogP contribution is 2.17. The maximum absolute atomic E-state index is 11.9. The Hall–Kier alpha value is -1.94. The van der Waals surface area contributed by atoms with Crippen molar-refractivity contribution in [2.24, 2.45) is 0 Å². The van der Waals surface area contributed by atoms with E-state index in [9.17, 15) is 4.79 Å². The van der Waals surface area contributed by atoms with Crippen molar-refractivity contribution in [3.8, 4) is 5.75 Å². The Morgan fingerprint density at radius 3 is 2.73 bits per heavy atom. The normalized spacial score (nSPS) is 10.2. The van der Waals surface area contributed by atoms with Gasteiger partial charge in [0.25, 0.3) is 0 Å². The van der Waals surface area contributed by atoms with Crippen molar-refractivity contribution in [2.75, 3.05) is 12.4 Å². The van der Waals surface area contributed by atoms with Crippen molar-refractivity contribution in [3.05, 3.63) is 60.2 Å². The average Bonchev–Trinajstić information content (AvgIpc) is 2.55. The zero-order valence-electron chi connectivity index (χ0n) is 12.7. The molecule has 116 valence electrons. The van der Waals surface area contributed by atoms with Gasteiger partial charge in [-0.3, -0.25) is 4.79 Å². The van der Waals surface area contributed by atoms with Crippen LogP contribution in [-0.2, 0) is 11.3 Å². The monoisotopic (exact) mass is 315 g/mol. The lowest BCUT2D eigenvalue weighted by molar-refractivity contribution is -0.120. The van der Waals surface area contributed by atoms with Gasteiger partial charge in [-0.15, -0.1) is 11.8 Å². The number of amides is 1. The van der Waals surface area contributed by atoms with E-state index in [4.69, 9.17) is 4.74 Å². The van der Waals surface area contributed by atoms with E-state index in [0.29, 0.717) is 19.6 Å². The molecule has 0 aliphatic heterocycles. The van der Waals surface area contributed by atoms with Crippen molar-refractivity contribution in [2.45, 2.75) is 24.8 Å². The van der Waals surface area contributed by atoms with Crippen LogP contribution in [0.3, 0.4) is 0 Å². The van der Waals surface area contributed by atoms with E-state index in [-0.39, 0.29) is 5.91 Å². The molecule has 0 aliphatic carbocycles. The Balaban J connectivity index is 1.70. The fourth-order valence-corrected chi connectivity index (χ4v) is 2.85. The molecule has 2 aromatic rings. The molecule has 0 fully saturated rings. The quantitative estimate of drug-likeness (QED) is 0.751. The summed E-state index contributed by atoms with van der Waals surface area (Å²) in [4.78, 5) is 13.1. The maximum atomic E-state index is 11.9. The van der Waals surface area contributed by atoms with Crippen LogP contribution in [0.25, 0.3) is 0 Å². The molecule has 2 rings (SSSR count). The van der Waals surface area contributed by atoms with Gasteiger partial charge in [-0.05, 0) is 36.8 Å². The minimum Gasteiger partial charge on any atom is -0.494 e. The molecule has 4 heteroatoms. The molecule has 0 bridgehead atoms. The van der Waals surface area contributed by atoms with Gasteiger partial charge in [0.2, 0.25) is 5.91 Å². The summed E-state index contributed by atoms with van der Waals surface area (Å²) in [5, 5.41) is 2.95. The number of hydrogen-bond acceptors (Lipinski definition) is 3. The number of thioether (sulfide) groups is 1. The highest BCUT2D eigenvalue weighted by Gasteiger charge is 2.03. The summed E-state index contributed by atoms with van der Waals surface area (Å²) >= 11 is 1.70. The molecule has 0 saturated carbocycles. The topological polar surface area (TPSA) is 38.3 Å². The lowest BCUT2D eigenvalue weighted by Crippen LogP contribution is -2.23. The summed E-state index contributed by atoms with van der Waals surface area (Å²) in [5.74, 6) is 1.70. The Labute approximate surface area is 136 Å². The van der Waals surface area contributed by atoms with Crippen LogP contribution in [0.15, 0.2) is 59.5 Å². The highest BCUT2D eigenvalue weighted by molar-refractivity contribution is 7.99. The molecule has 0 atom stereocenters. The van der Waals surface area contributed by atoms with E-state index in [1.165, 1.54) is 4.90 Å². The summed E-state index contributed by atoms with van der Waals surface area (Å²) in [6, 6.07) is 17.9. The van der Waals surface area contributed by atoms with Crippen LogP contribution in [0.4, 0.5) is 0 Å². The summed E-state index contributed by atoms with van der Waals surface area (Å²) < 4.78 is 5.45. The Morgan fingerprint density at radius 1 is 1.14 bits per heavy atom. The zero-order valence-corrected chi connectivity index (χ0v) is 13.6. The minimum absolute atomic E-state index is 0.0743. The van der Waals surface area contributed by atoms with Crippen LogP contribution in [0, 0.1) is 0 Å². The summed E-state index contributed by atoms with van der Waals surface area (Å²) in [5.41, 5.74) is 1.05. The zero-order chi connectivity index (χ0) is 15.6. The predicted octanol–water partition coefficient (Wildman–Crippen LogP) is 3.88. The Bertz CT molecular complexity index is 587. The van der Waals surface area contributed by atoms with E-state index in [1.54, 1.807) is 11.8 Å². The number of rotatable bonds is 8. The fourth-order valence-electron chi connectivity index (χ4n) is 1.98. The van der Waals surface area contributed by atoms with E-state index >= 15 is 0 Å². The Morgan fingerprint density at radius 2 is 1.95 bits per heavy atom. The van der Waals surface area contributed by atoms with Gasteiger partial charge in [0.05, 0.1) is 6.61 Å². The lowest BCUT2D eigenvalue weighted by atomic mass is 10.2. The molecule has 0 radical (unpaired) electrons. The smallest absolute Gasteiger partial charge is 0.221 e. The summed E-state index contributed by atoms with van der Waals surface area (Å²) in [6.45, 7) is 3.14. The second kappa shape index (κ2) is 9.15. The molecule has 0 aliphatic rings. The molecule has 3 nitrogen and oxygen atoms in total. The van der Waals surface area contributed by atoms with Crippen LogP contribution < -0.4 is 10.1 Å². The number of benzene rings is 2. The average molecular weight is 315 g/mol. The van der Waals surface area contributed by atoms with Gasteiger partial charge >= 0.3 is 0 Å². The second-order valence-electron chi connectivity index (χ2n) is 4.77. The molecule has 1 amide bonds. The first kappa shape index (κ1) is 16.4. The highest BCUT2D eigenvalue weighted by atomic mass is 32.2. The number of nitrogens with one attached hydrogen (secondary N) is 1. The van der Waals surface area contributed by atoms with Crippen LogP contribution in [0.1, 0.15) is 18.9 Å². The molecule has 0 heterocycles. The van der Waals surface area contributed by atoms with Crippen LogP contribution in [-0.4, -0.2) is 18.3 Å². The van der Waals surface area contributed by atoms with E-state index < -0.39 is 0 Å². The van der Waals surface area contributed by atoms with Gasteiger partial charge in [-0.2, -0.15) is 0 Å². The Kier molecular flexibility index (Phi) is 6.84. The van der Waals surface area contributed by atoms with Gasteiger partial charge in [-0.1, -0.05) is 30.3 Å². The number of carbonyl (C=O) groups excluding carboxylic acids is 1. The third kappa shape index (κ3) is 5.82. The maximum Gasteiger partial charge on any atom is 0.221 e. The molecular weight excluding hydrogens is 294 g/mol. The summed E-state index contributed by atoms with van der Waals surface area (Å²) in [7, 11) is 0. The van der Waals surface area contributed by atoms with Crippen LogP contribution in [0.5, 0.6) is 5.75 Å². The van der Waals surface area contributed by atoms with Crippen molar-refractivity contribution in [1.82, 2.24) is 5.32 Å². The standard InChI is InChI=1S/C18H21NO2S/c1-2-21-16-8-6-7-15(13-16)14-19-18(20)11-12-22-17-9-4-3-5-10-17/h3-10,13H,2,11-12,14H2,1H3,(H,19,20). The molecule has 0 aromatic heterocycles. The fraction of sp³-hybridized carbons (Fsp3) is 0.278. The number of carbonyl (C=O) groups is 1. The molecule has 2 aromatic carbocycles. The predicted molar refractivity (Wildman–Crippen MR) is 91.2 cm³/mol. The van der Waals surface area contributed by atoms with Gasteiger partial charge in [-0.25, -0.2) is 0 Å². The van der Waals surface area contributed by atoms with E-state index in [1.807, 2.05) is 49.4 Å². The molecule has 0 spiro atoms. The van der Waals surface area contributed by atoms with Gasteiger partial charge in [0.15, 0.2) is 0 Å². The largest absolute Gasteiger partial charge is 0.494 e. The first-order valence-electron chi connectivity index (χ1n) is 7.44. The SMILES string of the molecule is CCOc1cccc(CNC(=O)CCSc2ccccc2)c1. The van der Waals surface area contributed by atoms with E-state index in [2.05, 4.69) is 17.4 Å². The van der Waals surface area contributed by atoms with Crippen LogP contribution in [0.2, 0.25) is 0 Å². The third-order valence-corrected chi connectivity index (χ3v) is 4.05. The van der Waals surface area contributed by atoms with Crippen molar-refractivity contribution in [1.29, 1.82) is 0 Å². The van der Waals surface area contributed by atoms with Gasteiger partial charge < -0.3 is 10.1 Å². The third-order valence-electron chi connectivity index (χ3n) is 3.04. The summed E-state index contributed by atoms with van der Waals surface area (Å²) in [6.07, 6.45) is 0.519. The molecule has 0 unspecified atom stereocenters. The minimum atomic E-state index is 0.0743. The number of ether oxygens (including phenoxy) is 1. The lowest BCUT2D eigenvalue weighted by Gasteiger charge is -2.08. The first-order chi connectivity index (χ1) is 10.8. The second-order valence-corrected chi connectivity index (χ2v) is 5.94. The molecular formula is C18H21NO2S. The van der Waals surface area contributed by atoms with Crippen molar-refractivity contribution >= 4 is 17.7 Å². The first-order valence-corrected chi connectivity index (χ1v) is 8.43. The van der Waals surface area contributed by atoms with E-state index in [0.717, 1.165) is 17.1 Å². The number of hydrogen-bond donors (Lipinski definition) is 1.